The average Bonchev–Trinajstić information content (AvgIpc) is 3.61. The summed E-state index contributed by atoms with van der Waals surface area (Å²) in [4.78, 5) is 29.2. The molecule has 10 nitrogen and oxygen atoms in total. The first-order valence-electron chi connectivity index (χ1n) is 15.9. The molecule has 0 fully saturated rings. The third kappa shape index (κ3) is 9.19. The normalized spacial score (nSPS) is 12.5. The zero-order chi connectivity index (χ0) is 35.8. The van der Waals surface area contributed by atoms with E-state index in [1.165, 1.54) is 53.4 Å². The van der Waals surface area contributed by atoms with E-state index in [9.17, 15) is 26.8 Å². The lowest BCUT2D eigenvalue weighted by Crippen LogP contribution is -2.51. The van der Waals surface area contributed by atoms with Crippen LogP contribution in [0.3, 0.4) is 0 Å². The van der Waals surface area contributed by atoms with E-state index in [4.69, 9.17) is 14.2 Å². The molecular weight excluding hydrogens is 680 g/mol. The summed E-state index contributed by atoms with van der Waals surface area (Å²) in [6.07, 6.45) is 0.175. The van der Waals surface area contributed by atoms with Crippen LogP contribution in [0.4, 0.5) is 14.5 Å². The third-order valence-corrected chi connectivity index (χ3v) is 9.43. The number of amides is 2. The van der Waals surface area contributed by atoms with E-state index < -0.39 is 46.1 Å². The standard InChI is InChI=1S/C38H33F2N3O7S/c39-29-9-6-27(7-10-29)23-43(37(44)24-48-32-15-17-33(18-16-32)51(46,47)42-31-13-11-30(40)12-14-31)34(20-26-4-2-1-3-5-26)38(45)41-22-28-8-19-35-36(21-28)50-25-49-35/h1-19,21,34,42H,20,22-25H2,(H,41,45)/t34-/m1/s1. The van der Waals surface area contributed by atoms with E-state index in [2.05, 4.69) is 10.0 Å². The van der Waals surface area contributed by atoms with Crippen molar-refractivity contribution in [1.29, 1.82) is 0 Å². The van der Waals surface area contributed by atoms with Gasteiger partial charge in [0.15, 0.2) is 18.1 Å². The van der Waals surface area contributed by atoms with Gasteiger partial charge in [0.2, 0.25) is 12.7 Å². The van der Waals surface area contributed by atoms with E-state index in [1.54, 1.807) is 24.3 Å². The summed E-state index contributed by atoms with van der Waals surface area (Å²) in [5, 5.41) is 2.94. The predicted octanol–water partition coefficient (Wildman–Crippen LogP) is 5.83. The number of nitrogens with one attached hydrogen (secondary N) is 2. The number of halogens is 2. The van der Waals surface area contributed by atoms with Crippen molar-refractivity contribution in [2.45, 2.75) is 30.4 Å². The fourth-order valence-corrected chi connectivity index (χ4v) is 6.43. The molecule has 1 atom stereocenters. The second-order valence-electron chi connectivity index (χ2n) is 11.6. The molecule has 5 aromatic carbocycles. The Bertz CT molecular complexity index is 2080. The largest absolute Gasteiger partial charge is 0.484 e. The van der Waals surface area contributed by atoms with Crippen LogP contribution in [-0.2, 0) is 39.1 Å². The molecule has 1 heterocycles. The molecule has 0 aliphatic carbocycles. The highest BCUT2D eigenvalue weighted by Crippen LogP contribution is 2.32. The number of carbonyl (C=O) groups is 2. The highest BCUT2D eigenvalue weighted by molar-refractivity contribution is 7.92. The topological polar surface area (TPSA) is 123 Å². The van der Waals surface area contributed by atoms with Gasteiger partial charge in [-0.1, -0.05) is 48.5 Å². The molecule has 0 saturated carbocycles. The number of carbonyl (C=O) groups excluding carboxylic acids is 2. The first kappa shape index (κ1) is 34.9. The zero-order valence-corrected chi connectivity index (χ0v) is 27.9. The SMILES string of the molecule is O=C(NCc1ccc2c(c1)OCO2)[C@@H](Cc1ccccc1)N(Cc1ccc(F)cc1)C(=O)COc1ccc(S(=O)(=O)Nc2ccc(F)cc2)cc1. The molecule has 2 N–H and O–H groups in total. The Morgan fingerprint density at radius 3 is 2.12 bits per heavy atom. The molecule has 5 aromatic rings. The van der Waals surface area contributed by atoms with E-state index in [0.29, 0.717) is 17.1 Å². The number of sulfonamides is 1. The van der Waals surface area contributed by atoms with E-state index in [-0.39, 0.29) is 42.6 Å². The van der Waals surface area contributed by atoms with Crippen LogP contribution in [0, 0.1) is 11.6 Å². The van der Waals surface area contributed by atoms with Gasteiger partial charge in [-0.05, 0) is 89.5 Å². The van der Waals surface area contributed by atoms with Crippen LogP contribution in [0.25, 0.3) is 0 Å². The molecule has 0 spiro atoms. The van der Waals surface area contributed by atoms with Crippen LogP contribution in [0.5, 0.6) is 17.2 Å². The third-order valence-electron chi connectivity index (χ3n) is 8.03. The van der Waals surface area contributed by atoms with Gasteiger partial charge in [0.25, 0.3) is 15.9 Å². The molecule has 0 bridgehead atoms. The summed E-state index contributed by atoms with van der Waals surface area (Å²) >= 11 is 0. The fourth-order valence-electron chi connectivity index (χ4n) is 5.37. The number of anilines is 1. The number of fused-ring (bicyclic) bond motifs is 1. The molecule has 6 rings (SSSR count). The molecule has 2 amide bonds. The monoisotopic (exact) mass is 713 g/mol. The summed E-state index contributed by atoms with van der Waals surface area (Å²) in [6, 6.07) is 29.5. The summed E-state index contributed by atoms with van der Waals surface area (Å²) in [7, 11) is -3.99. The lowest BCUT2D eigenvalue weighted by molar-refractivity contribution is -0.142. The Kier molecular flexibility index (Phi) is 10.8. The van der Waals surface area contributed by atoms with Gasteiger partial charge in [0.05, 0.1) is 4.90 Å². The Morgan fingerprint density at radius 2 is 1.41 bits per heavy atom. The minimum atomic E-state index is -3.99. The molecule has 0 unspecified atom stereocenters. The number of hydrogen-bond donors (Lipinski definition) is 2. The molecule has 262 valence electrons. The minimum Gasteiger partial charge on any atom is -0.484 e. The quantitative estimate of drug-likeness (QED) is 0.149. The van der Waals surface area contributed by atoms with Crippen molar-refractivity contribution in [1.82, 2.24) is 10.2 Å². The first-order valence-corrected chi connectivity index (χ1v) is 17.4. The van der Waals surface area contributed by atoms with Crippen LogP contribution in [-0.4, -0.2) is 44.6 Å². The number of ether oxygens (including phenoxy) is 3. The molecule has 51 heavy (non-hydrogen) atoms. The highest BCUT2D eigenvalue weighted by Gasteiger charge is 2.31. The molecule has 0 aromatic heterocycles. The number of hydrogen-bond acceptors (Lipinski definition) is 7. The van der Waals surface area contributed by atoms with Crippen LogP contribution >= 0.6 is 0 Å². The van der Waals surface area contributed by atoms with Gasteiger partial charge in [-0.3, -0.25) is 14.3 Å². The van der Waals surface area contributed by atoms with Gasteiger partial charge >= 0.3 is 0 Å². The Hall–Kier alpha value is -5.95. The van der Waals surface area contributed by atoms with Crippen LogP contribution < -0.4 is 24.2 Å². The van der Waals surface area contributed by atoms with Gasteiger partial charge < -0.3 is 24.4 Å². The van der Waals surface area contributed by atoms with Crippen molar-refractivity contribution in [3.05, 3.63) is 150 Å². The van der Waals surface area contributed by atoms with Crippen molar-refractivity contribution >= 4 is 27.5 Å². The van der Waals surface area contributed by atoms with Crippen molar-refractivity contribution in [2.75, 3.05) is 18.1 Å². The number of benzene rings is 5. The predicted molar refractivity (Wildman–Crippen MR) is 184 cm³/mol. The highest BCUT2D eigenvalue weighted by atomic mass is 32.2. The lowest BCUT2D eigenvalue weighted by Gasteiger charge is -2.31. The van der Waals surface area contributed by atoms with E-state index in [1.807, 2.05) is 36.4 Å². The van der Waals surface area contributed by atoms with Crippen LogP contribution in [0.2, 0.25) is 0 Å². The van der Waals surface area contributed by atoms with Crippen LogP contribution in [0.1, 0.15) is 16.7 Å². The van der Waals surface area contributed by atoms with E-state index >= 15 is 0 Å². The Balaban J connectivity index is 1.20. The molecule has 0 saturated heterocycles. The average molecular weight is 714 g/mol. The lowest BCUT2D eigenvalue weighted by atomic mass is 10.0. The molecule has 1 aliphatic rings. The maximum Gasteiger partial charge on any atom is 0.261 e. The van der Waals surface area contributed by atoms with Gasteiger partial charge in [-0.2, -0.15) is 0 Å². The fraction of sp³-hybridized carbons (Fsp3) is 0.158. The molecule has 1 aliphatic heterocycles. The Morgan fingerprint density at radius 1 is 0.765 bits per heavy atom. The van der Waals surface area contributed by atoms with Gasteiger partial charge in [0.1, 0.15) is 23.4 Å². The molecular formula is C38H33F2N3O7S. The summed E-state index contributed by atoms with van der Waals surface area (Å²) < 4.78 is 71.8. The minimum absolute atomic E-state index is 0.0242. The second-order valence-corrected chi connectivity index (χ2v) is 13.3. The number of rotatable bonds is 14. The van der Waals surface area contributed by atoms with Crippen molar-refractivity contribution in [2.24, 2.45) is 0 Å². The summed E-state index contributed by atoms with van der Waals surface area (Å²) in [5.41, 5.74) is 2.36. The van der Waals surface area contributed by atoms with E-state index in [0.717, 1.165) is 23.3 Å². The smallest absolute Gasteiger partial charge is 0.261 e. The van der Waals surface area contributed by atoms with Gasteiger partial charge in [-0.25, -0.2) is 17.2 Å². The van der Waals surface area contributed by atoms with Crippen LogP contribution in [0.15, 0.2) is 126 Å². The van der Waals surface area contributed by atoms with Gasteiger partial charge in [-0.15, -0.1) is 0 Å². The Labute approximate surface area is 293 Å². The first-order chi connectivity index (χ1) is 24.6. The molecule has 0 radical (unpaired) electrons. The molecule has 13 heteroatoms. The van der Waals surface area contributed by atoms with Crippen molar-refractivity contribution in [3.8, 4) is 17.2 Å². The summed E-state index contributed by atoms with van der Waals surface area (Å²) in [5.74, 6) is -0.510. The summed E-state index contributed by atoms with van der Waals surface area (Å²) in [6.45, 7) is -0.239. The number of nitrogens with zero attached hydrogens (tertiary/aromatic N) is 1. The van der Waals surface area contributed by atoms with Crippen molar-refractivity contribution < 1.29 is 41.0 Å². The maximum atomic E-state index is 14.0. The van der Waals surface area contributed by atoms with Crippen molar-refractivity contribution in [3.63, 3.8) is 0 Å². The zero-order valence-electron chi connectivity index (χ0n) is 27.1. The maximum absolute atomic E-state index is 14.0. The van der Waals surface area contributed by atoms with Gasteiger partial charge in [0, 0.05) is 25.2 Å². The second kappa shape index (κ2) is 15.7.